The van der Waals surface area contributed by atoms with Crippen LogP contribution in [0.15, 0.2) is 35.3 Å². The second kappa shape index (κ2) is 10.8. The smallest absolute Gasteiger partial charge is 0.193 e. The molecular weight excluding hydrogens is 346 g/mol. The summed E-state index contributed by atoms with van der Waals surface area (Å²) in [6.45, 7) is 17.9. The maximum absolute atomic E-state index is 5.01. The first-order valence-corrected chi connectivity index (χ1v) is 11.2. The van der Waals surface area contributed by atoms with Gasteiger partial charge in [-0.3, -0.25) is 4.99 Å². The van der Waals surface area contributed by atoms with Crippen molar-refractivity contribution in [2.75, 3.05) is 65.4 Å². The SMILES string of the molecule is CCNC(=NCC(C)CN1CCN(CC)CC1)N1CCC(c2ccccc2)C1. The number of nitrogens with zero attached hydrogens (tertiary/aromatic N) is 4. The first kappa shape index (κ1) is 21.1. The van der Waals surface area contributed by atoms with Gasteiger partial charge < -0.3 is 20.0 Å². The van der Waals surface area contributed by atoms with Gasteiger partial charge in [0, 0.05) is 64.8 Å². The van der Waals surface area contributed by atoms with Crippen molar-refractivity contribution in [3.8, 4) is 0 Å². The van der Waals surface area contributed by atoms with Crippen LogP contribution in [-0.2, 0) is 0 Å². The molecule has 156 valence electrons. The molecule has 2 saturated heterocycles. The summed E-state index contributed by atoms with van der Waals surface area (Å²) in [5.41, 5.74) is 1.46. The molecule has 2 heterocycles. The predicted molar refractivity (Wildman–Crippen MR) is 119 cm³/mol. The van der Waals surface area contributed by atoms with E-state index in [2.05, 4.69) is 71.1 Å². The average molecular weight is 386 g/mol. The number of hydrogen-bond donors (Lipinski definition) is 1. The van der Waals surface area contributed by atoms with E-state index >= 15 is 0 Å². The van der Waals surface area contributed by atoms with E-state index < -0.39 is 0 Å². The summed E-state index contributed by atoms with van der Waals surface area (Å²) in [4.78, 5) is 12.6. The van der Waals surface area contributed by atoms with E-state index in [4.69, 9.17) is 4.99 Å². The molecule has 0 saturated carbocycles. The number of aliphatic imine (C=N–C) groups is 1. The standard InChI is InChI=1S/C23H39N5/c1-4-24-23(28-12-11-22(19-28)21-9-7-6-8-10-21)25-17-20(3)18-27-15-13-26(5-2)14-16-27/h6-10,20,22H,4-5,11-19H2,1-3H3,(H,24,25). The van der Waals surface area contributed by atoms with Crippen molar-refractivity contribution in [2.45, 2.75) is 33.1 Å². The number of benzene rings is 1. The fraction of sp³-hybridized carbons (Fsp3) is 0.696. The van der Waals surface area contributed by atoms with Gasteiger partial charge in [-0.25, -0.2) is 0 Å². The molecule has 0 bridgehead atoms. The summed E-state index contributed by atoms with van der Waals surface area (Å²) >= 11 is 0. The Kier molecular flexibility index (Phi) is 8.16. The number of likely N-dealkylation sites (N-methyl/N-ethyl adjacent to an activating group) is 1. The minimum absolute atomic E-state index is 0.592. The van der Waals surface area contributed by atoms with E-state index in [0.717, 1.165) is 38.7 Å². The Labute approximate surface area is 171 Å². The van der Waals surface area contributed by atoms with Gasteiger partial charge in [-0.05, 0) is 31.4 Å². The van der Waals surface area contributed by atoms with Crippen molar-refractivity contribution >= 4 is 5.96 Å². The van der Waals surface area contributed by atoms with Crippen molar-refractivity contribution in [3.05, 3.63) is 35.9 Å². The van der Waals surface area contributed by atoms with Gasteiger partial charge in [0.2, 0.25) is 0 Å². The third kappa shape index (κ3) is 5.95. The van der Waals surface area contributed by atoms with Gasteiger partial charge >= 0.3 is 0 Å². The van der Waals surface area contributed by atoms with Crippen molar-refractivity contribution in [2.24, 2.45) is 10.9 Å². The van der Waals surface area contributed by atoms with Crippen LogP contribution in [0.5, 0.6) is 0 Å². The topological polar surface area (TPSA) is 34.1 Å². The Morgan fingerprint density at radius 3 is 2.46 bits per heavy atom. The molecule has 1 aromatic carbocycles. The molecule has 1 N–H and O–H groups in total. The van der Waals surface area contributed by atoms with Crippen LogP contribution >= 0.6 is 0 Å². The monoisotopic (exact) mass is 385 g/mol. The maximum Gasteiger partial charge on any atom is 0.193 e. The quantitative estimate of drug-likeness (QED) is 0.578. The minimum Gasteiger partial charge on any atom is -0.357 e. The molecule has 1 aromatic rings. The largest absolute Gasteiger partial charge is 0.357 e. The molecule has 2 unspecified atom stereocenters. The van der Waals surface area contributed by atoms with Crippen molar-refractivity contribution in [3.63, 3.8) is 0 Å². The second-order valence-electron chi connectivity index (χ2n) is 8.38. The zero-order valence-electron chi connectivity index (χ0n) is 18.1. The first-order valence-electron chi connectivity index (χ1n) is 11.2. The van der Waals surface area contributed by atoms with Gasteiger partial charge in [0.25, 0.3) is 0 Å². The Morgan fingerprint density at radius 1 is 1.07 bits per heavy atom. The zero-order valence-corrected chi connectivity index (χ0v) is 18.1. The summed E-state index contributed by atoms with van der Waals surface area (Å²) in [6.07, 6.45) is 1.21. The third-order valence-electron chi connectivity index (χ3n) is 6.13. The van der Waals surface area contributed by atoms with Gasteiger partial charge in [0.15, 0.2) is 5.96 Å². The summed E-state index contributed by atoms with van der Waals surface area (Å²) in [5.74, 6) is 2.32. The first-order chi connectivity index (χ1) is 13.7. The molecule has 2 aliphatic heterocycles. The number of rotatable bonds is 7. The Balaban J connectivity index is 1.50. The molecule has 0 radical (unpaired) electrons. The molecule has 28 heavy (non-hydrogen) atoms. The van der Waals surface area contributed by atoms with Crippen molar-refractivity contribution in [1.82, 2.24) is 20.0 Å². The van der Waals surface area contributed by atoms with Gasteiger partial charge in [-0.1, -0.05) is 44.2 Å². The number of hydrogen-bond acceptors (Lipinski definition) is 3. The Hall–Kier alpha value is -1.59. The van der Waals surface area contributed by atoms with Gasteiger partial charge in [-0.15, -0.1) is 0 Å². The number of nitrogens with one attached hydrogen (secondary N) is 1. The molecule has 0 amide bonds. The van der Waals surface area contributed by atoms with Crippen LogP contribution in [0.2, 0.25) is 0 Å². The molecule has 0 spiro atoms. The summed E-state index contributed by atoms with van der Waals surface area (Å²) < 4.78 is 0. The van der Waals surface area contributed by atoms with Crippen LogP contribution in [0, 0.1) is 5.92 Å². The van der Waals surface area contributed by atoms with Crippen LogP contribution in [0.3, 0.4) is 0 Å². The van der Waals surface area contributed by atoms with E-state index in [1.54, 1.807) is 0 Å². The second-order valence-corrected chi connectivity index (χ2v) is 8.38. The predicted octanol–water partition coefficient (Wildman–Crippen LogP) is 2.72. The lowest BCUT2D eigenvalue weighted by molar-refractivity contribution is 0.125. The molecule has 2 atom stereocenters. The number of piperazine rings is 1. The Morgan fingerprint density at radius 2 is 1.79 bits per heavy atom. The molecule has 5 nitrogen and oxygen atoms in total. The highest BCUT2D eigenvalue weighted by Crippen LogP contribution is 2.26. The number of guanidine groups is 1. The lowest BCUT2D eigenvalue weighted by Gasteiger charge is -2.35. The highest BCUT2D eigenvalue weighted by Gasteiger charge is 2.26. The van der Waals surface area contributed by atoms with Crippen LogP contribution < -0.4 is 5.32 Å². The van der Waals surface area contributed by atoms with Crippen LogP contribution in [0.1, 0.15) is 38.7 Å². The fourth-order valence-electron chi connectivity index (χ4n) is 4.40. The van der Waals surface area contributed by atoms with E-state index in [-0.39, 0.29) is 0 Å². The molecule has 2 fully saturated rings. The molecule has 2 aliphatic rings. The average Bonchev–Trinajstić information content (AvgIpc) is 3.22. The molecule has 0 aromatic heterocycles. The summed E-state index contributed by atoms with van der Waals surface area (Å²) in [7, 11) is 0. The minimum atomic E-state index is 0.592. The highest BCUT2D eigenvalue weighted by molar-refractivity contribution is 5.80. The molecular formula is C23H39N5. The lowest BCUT2D eigenvalue weighted by atomic mass is 9.99. The van der Waals surface area contributed by atoms with Crippen LogP contribution in [-0.4, -0.2) is 86.1 Å². The number of likely N-dealkylation sites (tertiary alicyclic amines) is 1. The van der Waals surface area contributed by atoms with Gasteiger partial charge in [0.1, 0.15) is 0 Å². The molecule has 5 heteroatoms. The van der Waals surface area contributed by atoms with E-state index in [1.807, 2.05) is 0 Å². The van der Waals surface area contributed by atoms with Gasteiger partial charge in [-0.2, -0.15) is 0 Å². The maximum atomic E-state index is 5.01. The van der Waals surface area contributed by atoms with Crippen LogP contribution in [0.4, 0.5) is 0 Å². The van der Waals surface area contributed by atoms with Gasteiger partial charge in [0.05, 0.1) is 0 Å². The van der Waals surface area contributed by atoms with Crippen LogP contribution in [0.25, 0.3) is 0 Å². The Bertz CT molecular complexity index is 594. The van der Waals surface area contributed by atoms with E-state index in [1.165, 1.54) is 44.7 Å². The summed E-state index contributed by atoms with van der Waals surface area (Å²) in [6, 6.07) is 10.9. The lowest BCUT2D eigenvalue weighted by Crippen LogP contribution is -2.47. The van der Waals surface area contributed by atoms with Crippen molar-refractivity contribution < 1.29 is 0 Å². The fourth-order valence-corrected chi connectivity index (χ4v) is 4.40. The highest BCUT2D eigenvalue weighted by atomic mass is 15.3. The zero-order chi connectivity index (χ0) is 19.8. The molecule has 3 rings (SSSR count). The summed E-state index contributed by atoms with van der Waals surface area (Å²) in [5, 5.41) is 3.52. The normalized spacial score (nSPS) is 23.2. The van der Waals surface area contributed by atoms with E-state index in [9.17, 15) is 0 Å². The third-order valence-corrected chi connectivity index (χ3v) is 6.13. The van der Waals surface area contributed by atoms with E-state index in [0.29, 0.717) is 11.8 Å². The molecule has 0 aliphatic carbocycles. The van der Waals surface area contributed by atoms with Crippen molar-refractivity contribution in [1.29, 1.82) is 0 Å².